The summed E-state index contributed by atoms with van der Waals surface area (Å²) < 4.78 is 38.9. The van der Waals surface area contributed by atoms with E-state index in [2.05, 4.69) is 4.72 Å². The van der Waals surface area contributed by atoms with E-state index in [4.69, 9.17) is 18.0 Å². The molecule has 1 aromatic carbocycles. The highest BCUT2D eigenvalue weighted by Crippen LogP contribution is 2.30. The third kappa shape index (κ3) is 2.73. The van der Waals surface area contributed by atoms with Gasteiger partial charge in [0.05, 0.1) is 10.9 Å². The summed E-state index contributed by atoms with van der Waals surface area (Å²) in [6.07, 6.45) is 1.30. The predicted octanol–water partition coefficient (Wildman–Crippen LogP) is 1.36. The molecule has 0 heterocycles. The third-order valence-electron chi connectivity index (χ3n) is 2.46. The molecule has 0 radical (unpaired) electrons. The first-order chi connectivity index (χ1) is 7.90. The number of anilines is 1. The van der Waals surface area contributed by atoms with Crippen LogP contribution in [-0.2, 0) is 10.0 Å². The number of thiocarbonyl (C=S) groups is 1. The van der Waals surface area contributed by atoms with Gasteiger partial charge in [-0.15, -0.1) is 0 Å². The Bertz CT molecular complexity index is 568. The summed E-state index contributed by atoms with van der Waals surface area (Å²) in [4.78, 5) is -0.0435. The van der Waals surface area contributed by atoms with E-state index in [9.17, 15) is 12.8 Å². The number of halogens is 1. The number of rotatable bonds is 4. The lowest BCUT2D eigenvalue weighted by Gasteiger charge is -2.11. The van der Waals surface area contributed by atoms with Gasteiger partial charge in [-0.3, -0.25) is 4.72 Å². The molecule has 4 nitrogen and oxygen atoms in total. The van der Waals surface area contributed by atoms with E-state index >= 15 is 0 Å². The normalized spacial score (nSPS) is 15.6. The smallest absolute Gasteiger partial charge is 0.235 e. The van der Waals surface area contributed by atoms with E-state index in [0.717, 1.165) is 12.1 Å². The zero-order chi connectivity index (χ0) is 12.6. The highest BCUT2D eigenvalue weighted by Gasteiger charge is 2.36. The first-order valence-corrected chi connectivity index (χ1v) is 6.96. The molecule has 0 amide bonds. The van der Waals surface area contributed by atoms with Gasteiger partial charge in [0.25, 0.3) is 0 Å². The van der Waals surface area contributed by atoms with Gasteiger partial charge >= 0.3 is 0 Å². The van der Waals surface area contributed by atoms with Gasteiger partial charge in [-0.2, -0.15) is 0 Å². The van der Waals surface area contributed by atoms with Gasteiger partial charge in [-0.05, 0) is 31.0 Å². The van der Waals surface area contributed by atoms with Crippen molar-refractivity contribution in [3.05, 3.63) is 29.6 Å². The molecule has 0 atom stereocenters. The van der Waals surface area contributed by atoms with Crippen LogP contribution in [0.2, 0.25) is 0 Å². The largest absolute Gasteiger partial charge is 0.389 e. The maximum atomic E-state index is 13.0. The van der Waals surface area contributed by atoms with Crippen LogP contribution < -0.4 is 10.5 Å². The SMILES string of the molecule is NC(=S)c1cc(F)ccc1NS(=O)(=O)C1CC1. The van der Waals surface area contributed by atoms with Gasteiger partial charge in [0.2, 0.25) is 10.0 Å². The molecule has 92 valence electrons. The monoisotopic (exact) mass is 274 g/mol. The molecule has 1 saturated carbocycles. The summed E-state index contributed by atoms with van der Waals surface area (Å²) in [7, 11) is -3.40. The highest BCUT2D eigenvalue weighted by atomic mass is 32.2. The number of sulfonamides is 1. The van der Waals surface area contributed by atoms with Crippen LogP contribution in [0.1, 0.15) is 18.4 Å². The Morgan fingerprint density at radius 2 is 2.12 bits per heavy atom. The van der Waals surface area contributed by atoms with E-state index < -0.39 is 15.8 Å². The van der Waals surface area contributed by atoms with E-state index in [1.54, 1.807) is 0 Å². The Balaban J connectivity index is 2.35. The van der Waals surface area contributed by atoms with Gasteiger partial charge < -0.3 is 5.73 Å². The minimum atomic E-state index is -3.40. The minimum absolute atomic E-state index is 0.0435. The maximum Gasteiger partial charge on any atom is 0.235 e. The Morgan fingerprint density at radius 1 is 1.47 bits per heavy atom. The van der Waals surface area contributed by atoms with Crippen molar-refractivity contribution in [3.63, 3.8) is 0 Å². The summed E-state index contributed by atoms with van der Waals surface area (Å²) >= 11 is 4.76. The predicted molar refractivity (Wildman–Crippen MR) is 67.9 cm³/mol. The number of hydrogen-bond acceptors (Lipinski definition) is 3. The standard InChI is InChI=1S/C10H11FN2O2S2/c11-6-1-4-9(8(5-6)10(12)16)13-17(14,15)7-2-3-7/h1,4-5,7,13H,2-3H2,(H2,12,16). The van der Waals surface area contributed by atoms with Crippen molar-refractivity contribution in [1.82, 2.24) is 0 Å². The molecule has 1 aromatic rings. The molecule has 1 fully saturated rings. The Kier molecular flexibility index (Phi) is 3.05. The van der Waals surface area contributed by atoms with Crippen molar-refractivity contribution >= 4 is 32.9 Å². The first kappa shape index (κ1) is 12.3. The number of hydrogen-bond donors (Lipinski definition) is 2. The zero-order valence-electron chi connectivity index (χ0n) is 8.81. The van der Waals surface area contributed by atoms with E-state index in [1.165, 1.54) is 6.07 Å². The lowest BCUT2D eigenvalue weighted by Crippen LogP contribution is -2.21. The fraction of sp³-hybridized carbons (Fsp3) is 0.300. The summed E-state index contributed by atoms with van der Waals surface area (Å²) in [5, 5.41) is -0.355. The molecule has 0 saturated heterocycles. The second-order valence-corrected chi connectivity index (χ2v) is 6.30. The van der Waals surface area contributed by atoms with Gasteiger partial charge in [0, 0.05) is 5.56 Å². The molecule has 0 unspecified atom stereocenters. The number of nitrogens with two attached hydrogens (primary N) is 1. The Morgan fingerprint density at radius 3 is 2.65 bits per heavy atom. The lowest BCUT2D eigenvalue weighted by molar-refractivity contribution is 0.599. The van der Waals surface area contributed by atoms with E-state index in [0.29, 0.717) is 12.8 Å². The zero-order valence-corrected chi connectivity index (χ0v) is 10.4. The molecule has 0 aromatic heterocycles. The number of nitrogens with one attached hydrogen (secondary N) is 1. The van der Waals surface area contributed by atoms with Gasteiger partial charge in [0.1, 0.15) is 10.8 Å². The second kappa shape index (κ2) is 4.23. The van der Waals surface area contributed by atoms with Crippen LogP contribution in [0.25, 0.3) is 0 Å². The van der Waals surface area contributed by atoms with Gasteiger partial charge in [-0.25, -0.2) is 12.8 Å². The molecule has 3 N–H and O–H groups in total. The number of benzene rings is 1. The molecule has 0 aliphatic heterocycles. The molecular weight excluding hydrogens is 263 g/mol. The summed E-state index contributed by atoms with van der Waals surface area (Å²) in [6.45, 7) is 0. The van der Waals surface area contributed by atoms with E-state index in [-0.39, 0.29) is 21.5 Å². The molecule has 1 aliphatic carbocycles. The van der Waals surface area contributed by atoms with Crippen molar-refractivity contribution in [1.29, 1.82) is 0 Å². The van der Waals surface area contributed by atoms with Crippen molar-refractivity contribution < 1.29 is 12.8 Å². The fourth-order valence-electron chi connectivity index (χ4n) is 1.42. The molecule has 7 heteroatoms. The maximum absolute atomic E-state index is 13.0. The van der Waals surface area contributed by atoms with Crippen molar-refractivity contribution in [2.75, 3.05) is 4.72 Å². The van der Waals surface area contributed by atoms with Gasteiger partial charge in [0.15, 0.2) is 0 Å². The topological polar surface area (TPSA) is 72.2 Å². The van der Waals surface area contributed by atoms with Crippen molar-refractivity contribution in [2.45, 2.75) is 18.1 Å². The van der Waals surface area contributed by atoms with Crippen LogP contribution in [0.3, 0.4) is 0 Å². The first-order valence-electron chi connectivity index (χ1n) is 5.01. The molecule has 1 aliphatic rings. The average molecular weight is 274 g/mol. The van der Waals surface area contributed by atoms with Crippen LogP contribution >= 0.6 is 12.2 Å². The summed E-state index contributed by atoms with van der Waals surface area (Å²) in [5.41, 5.74) is 5.85. The second-order valence-electron chi connectivity index (χ2n) is 3.90. The van der Waals surface area contributed by atoms with Crippen LogP contribution in [0.4, 0.5) is 10.1 Å². The molecule has 17 heavy (non-hydrogen) atoms. The Labute approximate surface area is 104 Å². The molecule has 0 bridgehead atoms. The molecule has 2 rings (SSSR count). The van der Waals surface area contributed by atoms with Crippen molar-refractivity contribution in [3.8, 4) is 0 Å². The molecular formula is C10H11FN2O2S2. The lowest BCUT2D eigenvalue weighted by atomic mass is 10.2. The van der Waals surface area contributed by atoms with E-state index in [1.807, 2.05) is 0 Å². The molecule has 0 spiro atoms. The average Bonchev–Trinajstić information content (AvgIpc) is 3.03. The third-order valence-corrected chi connectivity index (χ3v) is 4.54. The minimum Gasteiger partial charge on any atom is -0.389 e. The quantitative estimate of drug-likeness (QED) is 0.813. The fourth-order valence-corrected chi connectivity index (χ4v) is 3.00. The Hall–Kier alpha value is -1.21. The highest BCUT2D eigenvalue weighted by molar-refractivity contribution is 7.93. The summed E-state index contributed by atoms with van der Waals surface area (Å²) in [6, 6.07) is 3.60. The van der Waals surface area contributed by atoms with Crippen LogP contribution in [-0.4, -0.2) is 18.7 Å². The van der Waals surface area contributed by atoms with Crippen LogP contribution in [0, 0.1) is 5.82 Å². The van der Waals surface area contributed by atoms with Gasteiger partial charge in [-0.1, -0.05) is 12.2 Å². The van der Waals surface area contributed by atoms with Crippen LogP contribution in [0.15, 0.2) is 18.2 Å². The van der Waals surface area contributed by atoms with Crippen molar-refractivity contribution in [2.24, 2.45) is 5.73 Å². The van der Waals surface area contributed by atoms with Crippen LogP contribution in [0.5, 0.6) is 0 Å². The summed E-state index contributed by atoms with van der Waals surface area (Å²) in [5.74, 6) is -0.512.